The van der Waals surface area contributed by atoms with Gasteiger partial charge in [0.05, 0.1) is 12.6 Å². The standard InChI is InChI=1S/C27H25ClN6O/c1-35-22-12-6-19(7-13-22)18-32-14-16-33(17-15-32)27-29-24-5-3-2-4-23(24)26-31-30-25(34(26)27)20-8-10-21(28)11-9-20/h2-13H,14-18H2,1H3. The molecule has 3 heterocycles. The van der Waals surface area contributed by atoms with Crippen LogP contribution in [0.4, 0.5) is 5.95 Å². The Hall–Kier alpha value is -3.68. The minimum Gasteiger partial charge on any atom is -0.497 e. The zero-order valence-electron chi connectivity index (χ0n) is 19.4. The van der Waals surface area contributed by atoms with Crippen molar-refractivity contribution >= 4 is 34.1 Å². The number of piperazine rings is 1. The van der Waals surface area contributed by atoms with Crippen molar-refractivity contribution in [1.82, 2.24) is 24.5 Å². The Morgan fingerprint density at radius 3 is 2.34 bits per heavy atom. The van der Waals surface area contributed by atoms with E-state index in [1.165, 1.54) is 5.56 Å². The molecule has 35 heavy (non-hydrogen) atoms. The van der Waals surface area contributed by atoms with Crippen molar-refractivity contribution in [2.45, 2.75) is 6.54 Å². The maximum Gasteiger partial charge on any atom is 0.213 e. The van der Waals surface area contributed by atoms with E-state index >= 15 is 0 Å². The van der Waals surface area contributed by atoms with E-state index in [0.717, 1.165) is 72.4 Å². The summed E-state index contributed by atoms with van der Waals surface area (Å²) in [6, 6.07) is 24.1. The van der Waals surface area contributed by atoms with Gasteiger partial charge in [-0.05, 0) is 54.1 Å². The third kappa shape index (κ3) is 4.17. The molecular weight excluding hydrogens is 460 g/mol. The summed E-state index contributed by atoms with van der Waals surface area (Å²) in [6.07, 6.45) is 0. The van der Waals surface area contributed by atoms with Crippen LogP contribution in [-0.4, -0.2) is 57.8 Å². The number of methoxy groups -OCH3 is 1. The topological polar surface area (TPSA) is 58.8 Å². The van der Waals surface area contributed by atoms with Crippen molar-refractivity contribution in [3.8, 4) is 17.1 Å². The first kappa shape index (κ1) is 21.8. The molecule has 0 unspecified atom stereocenters. The van der Waals surface area contributed by atoms with Crippen molar-refractivity contribution in [3.05, 3.63) is 83.4 Å². The van der Waals surface area contributed by atoms with Gasteiger partial charge in [-0.2, -0.15) is 0 Å². The fourth-order valence-corrected chi connectivity index (χ4v) is 4.79. The van der Waals surface area contributed by atoms with Crippen molar-refractivity contribution in [3.63, 3.8) is 0 Å². The van der Waals surface area contributed by atoms with E-state index in [0.29, 0.717) is 5.02 Å². The lowest BCUT2D eigenvalue weighted by Gasteiger charge is -2.35. The third-order valence-electron chi connectivity index (χ3n) is 6.55. The first-order valence-corrected chi connectivity index (χ1v) is 12.1. The number of benzene rings is 3. The molecule has 0 aliphatic carbocycles. The minimum absolute atomic E-state index is 0.694. The number of anilines is 1. The summed E-state index contributed by atoms with van der Waals surface area (Å²) in [6.45, 7) is 4.55. The van der Waals surface area contributed by atoms with Crippen molar-refractivity contribution in [2.24, 2.45) is 0 Å². The van der Waals surface area contributed by atoms with Crippen LogP contribution in [0.25, 0.3) is 27.9 Å². The number of nitrogens with zero attached hydrogens (tertiary/aromatic N) is 6. The molecule has 176 valence electrons. The van der Waals surface area contributed by atoms with Gasteiger partial charge < -0.3 is 9.64 Å². The quantitative estimate of drug-likeness (QED) is 0.352. The number of aromatic nitrogens is 4. The third-order valence-corrected chi connectivity index (χ3v) is 6.80. The number of rotatable bonds is 5. The summed E-state index contributed by atoms with van der Waals surface area (Å²) < 4.78 is 7.37. The van der Waals surface area contributed by atoms with Gasteiger partial charge in [-0.25, -0.2) is 9.38 Å². The van der Waals surface area contributed by atoms with Gasteiger partial charge in [-0.15, -0.1) is 10.2 Å². The molecule has 0 N–H and O–H groups in total. The number of para-hydroxylation sites is 1. The molecule has 2 aromatic heterocycles. The molecule has 7 nitrogen and oxygen atoms in total. The molecule has 1 aliphatic rings. The maximum absolute atomic E-state index is 6.13. The second kappa shape index (κ2) is 9.17. The lowest BCUT2D eigenvalue weighted by Crippen LogP contribution is -2.46. The van der Waals surface area contributed by atoms with Gasteiger partial charge in [-0.1, -0.05) is 35.9 Å². The summed E-state index contributed by atoms with van der Waals surface area (Å²) in [5.41, 5.74) is 3.98. The highest BCUT2D eigenvalue weighted by atomic mass is 35.5. The van der Waals surface area contributed by atoms with Crippen LogP contribution in [0, 0.1) is 0 Å². The molecule has 1 aliphatic heterocycles. The molecule has 0 bridgehead atoms. The Labute approximate surface area is 208 Å². The van der Waals surface area contributed by atoms with Crippen LogP contribution in [0.3, 0.4) is 0 Å². The molecule has 1 saturated heterocycles. The average Bonchev–Trinajstić information content (AvgIpc) is 3.35. The normalized spacial score (nSPS) is 14.6. The van der Waals surface area contributed by atoms with Gasteiger partial charge in [0.2, 0.25) is 5.95 Å². The van der Waals surface area contributed by atoms with E-state index in [9.17, 15) is 0 Å². The monoisotopic (exact) mass is 484 g/mol. The molecule has 5 aromatic rings. The van der Waals surface area contributed by atoms with E-state index in [2.05, 4.69) is 42.6 Å². The zero-order valence-corrected chi connectivity index (χ0v) is 20.2. The number of fused-ring (bicyclic) bond motifs is 3. The highest BCUT2D eigenvalue weighted by Crippen LogP contribution is 2.29. The Kier molecular flexibility index (Phi) is 5.72. The van der Waals surface area contributed by atoms with E-state index in [1.807, 2.05) is 54.6 Å². The van der Waals surface area contributed by atoms with Crippen LogP contribution in [0.1, 0.15) is 5.56 Å². The van der Waals surface area contributed by atoms with Crippen molar-refractivity contribution in [2.75, 3.05) is 38.2 Å². The molecule has 0 amide bonds. The van der Waals surface area contributed by atoms with Gasteiger partial charge in [0, 0.05) is 48.7 Å². The van der Waals surface area contributed by atoms with E-state index in [-0.39, 0.29) is 0 Å². The van der Waals surface area contributed by atoms with Crippen LogP contribution in [0.2, 0.25) is 5.02 Å². The van der Waals surface area contributed by atoms with Gasteiger partial charge in [0.15, 0.2) is 11.5 Å². The number of ether oxygens (including phenoxy) is 1. The van der Waals surface area contributed by atoms with Gasteiger partial charge >= 0.3 is 0 Å². The first-order chi connectivity index (χ1) is 17.2. The molecule has 0 atom stereocenters. The Morgan fingerprint density at radius 2 is 1.60 bits per heavy atom. The van der Waals surface area contributed by atoms with Gasteiger partial charge in [0.25, 0.3) is 0 Å². The van der Waals surface area contributed by atoms with Crippen LogP contribution >= 0.6 is 11.6 Å². The van der Waals surface area contributed by atoms with E-state index in [4.69, 9.17) is 21.3 Å². The summed E-state index contributed by atoms with van der Waals surface area (Å²) in [5.74, 6) is 2.53. The van der Waals surface area contributed by atoms with Crippen molar-refractivity contribution < 1.29 is 4.74 Å². The maximum atomic E-state index is 6.13. The second-order valence-corrected chi connectivity index (χ2v) is 9.17. The molecule has 0 spiro atoms. The summed E-state index contributed by atoms with van der Waals surface area (Å²) in [4.78, 5) is 9.90. The summed E-state index contributed by atoms with van der Waals surface area (Å²) in [5, 5.41) is 10.8. The van der Waals surface area contributed by atoms with E-state index in [1.54, 1.807) is 7.11 Å². The molecular formula is C27H25ClN6O. The number of halogens is 1. The van der Waals surface area contributed by atoms with Gasteiger partial charge in [-0.3, -0.25) is 4.90 Å². The highest BCUT2D eigenvalue weighted by Gasteiger charge is 2.24. The summed E-state index contributed by atoms with van der Waals surface area (Å²) >= 11 is 6.13. The zero-order chi connectivity index (χ0) is 23.8. The minimum atomic E-state index is 0.694. The van der Waals surface area contributed by atoms with Crippen LogP contribution in [0.15, 0.2) is 72.8 Å². The van der Waals surface area contributed by atoms with Crippen LogP contribution in [-0.2, 0) is 6.54 Å². The molecule has 0 saturated carbocycles. The Bertz CT molecular complexity index is 1470. The molecule has 1 fully saturated rings. The van der Waals surface area contributed by atoms with Crippen LogP contribution in [0.5, 0.6) is 5.75 Å². The first-order valence-electron chi connectivity index (χ1n) is 11.7. The summed E-state index contributed by atoms with van der Waals surface area (Å²) in [7, 11) is 1.69. The average molecular weight is 485 g/mol. The molecule has 8 heteroatoms. The fourth-order valence-electron chi connectivity index (χ4n) is 4.66. The second-order valence-electron chi connectivity index (χ2n) is 8.73. The van der Waals surface area contributed by atoms with Gasteiger partial charge in [0.1, 0.15) is 5.75 Å². The predicted octanol–water partition coefficient (Wildman–Crippen LogP) is 4.93. The lowest BCUT2D eigenvalue weighted by molar-refractivity contribution is 0.248. The van der Waals surface area contributed by atoms with Crippen LogP contribution < -0.4 is 9.64 Å². The molecule has 0 radical (unpaired) electrons. The van der Waals surface area contributed by atoms with Crippen molar-refractivity contribution in [1.29, 1.82) is 0 Å². The molecule has 6 rings (SSSR count). The largest absolute Gasteiger partial charge is 0.497 e. The smallest absolute Gasteiger partial charge is 0.213 e. The number of hydrogen-bond donors (Lipinski definition) is 0. The SMILES string of the molecule is COc1ccc(CN2CCN(c3nc4ccccc4c4nnc(-c5ccc(Cl)cc5)n34)CC2)cc1. The lowest BCUT2D eigenvalue weighted by atomic mass is 10.2. The Morgan fingerprint density at radius 1 is 0.857 bits per heavy atom. The van der Waals surface area contributed by atoms with E-state index < -0.39 is 0 Å². The highest BCUT2D eigenvalue weighted by molar-refractivity contribution is 6.30. The predicted molar refractivity (Wildman–Crippen MR) is 139 cm³/mol. The number of hydrogen-bond acceptors (Lipinski definition) is 6. The molecule has 3 aromatic carbocycles. The fraction of sp³-hybridized carbons (Fsp3) is 0.222. The Balaban J connectivity index is 1.33.